The number of carbonyl (C=O) groups is 1. The predicted octanol–water partition coefficient (Wildman–Crippen LogP) is 2.73. The standard InChI is InChI=1S/C12H13BrF3NO3/c13-5-7-19-8-6-17-11(18)9-1-3-10(4-2-9)20-12(14,15)16/h1-4H,5-8H2,(H,17,18). The zero-order valence-electron chi connectivity index (χ0n) is 10.4. The van der Waals surface area contributed by atoms with Crippen molar-refractivity contribution in [3.05, 3.63) is 29.8 Å². The van der Waals surface area contributed by atoms with Gasteiger partial charge in [-0.05, 0) is 24.3 Å². The summed E-state index contributed by atoms with van der Waals surface area (Å²) < 4.78 is 44.7. The fourth-order valence-electron chi connectivity index (χ4n) is 1.30. The highest BCUT2D eigenvalue weighted by Crippen LogP contribution is 2.22. The summed E-state index contributed by atoms with van der Waals surface area (Å²) in [6, 6.07) is 4.69. The summed E-state index contributed by atoms with van der Waals surface area (Å²) in [6.07, 6.45) is -4.74. The average molecular weight is 356 g/mol. The maximum Gasteiger partial charge on any atom is 0.573 e. The van der Waals surface area contributed by atoms with Crippen molar-refractivity contribution in [3.8, 4) is 5.75 Å². The van der Waals surface area contributed by atoms with Crippen LogP contribution >= 0.6 is 15.9 Å². The van der Waals surface area contributed by atoms with E-state index in [4.69, 9.17) is 4.74 Å². The topological polar surface area (TPSA) is 47.6 Å². The number of hydrogen-bond donors (Lipinski definition) is 1. The lowest BCUT2D eigenvalue weighted by atomic mass is 10.2. The first-order chi connectivity index (χ1) is 9.42. The van der Waals surface area contributed by atoms with Gasteiger partial charge in [0.2, 0.25) is 0 Å². The van der Waals surface area contributed by atoms with Gasteiger partial charge < -0.3 is 14.8 Å². The molecule has 1 aromatic rings. The van der Waals surface area contributed by atoms with E-state index in [1.165, 1.54) is 12.1 Å². The number of nitrogens with one attached hydrogen (secondary N) is 1. The molecule has 0 spiro atoms. The first-order valence-electron chi connectivity index (χ1n) is 5.70. The highest BCUT2D eigenvalue weighted by atomic mass is 79.9. The molecule has 8 heteroatoms. The van der Waals surface area contributed by atoms with E-state index in [1.807, 2.05) is 0 Å². The van der Waals surface area contributed by atoms with E-state index in [2.05, 4.69) is 26.0 Å². The molecule has 4 nitrogen and oxygen atoms in total. The Morgan fingerprint density at radius 3 is 2.40 bits per heavy atom. The van der Waals surface area contributed by atoms with Crippen molar-refractivity contribution >= 4 is 21.8 Å². The van der Waals surface area contributed by atoms with Crippen LogP contribution < -0.4 is 10.1 Å². The molecular formula is C12H13BrF3NO3. The van der Waals surface area contributed by atoms with Crippen LogP contribution in [0.2, 0.25) is 0 Å². The molecule has 20 heavy (non-hydrogen) atoms. The third-order valence-corrected chi connectivity index (χ3v) is 2.43. The van der Waals surface area contributed by atoms with Crippen molar-refractivity contribution in [1.29, 1.82) is 0 Å². The zero-order chi connectivity index (χ0) is 15.0. The Bertz CT molecular complexity index is 423. The second-order valence-corrected chi connectivity index (χ2v) is 4.42. The van der Waals surface area contributed by atoms with E-state index in [9.17, 15) is 18.0 Å². The maximum absolute atomic E-state index is 12.0. The van der Waals surface area contributed by atoms with Gasteiger partial charge >= 0.3 is 6.36 Å². The summed E-state index contributed by atoms with van der Waals surface area (Å²) in [6.45, 7) is 1.23. The fourth-order valence-corrected chi connectivity index (χ4v) is 1.53. The largest absolute Gasteiger partial charge is 0.573 e. The normalized spacial score (nSPS) is 11.2. The SMILES string of the molecule is O=C(NCCOCCBr)c1ccc(OC(F)(F)F)cc1. The van der Waals surface area contributed by atoms with Gasteiger partial charge in [-0.2, -0.15) is 0 Å². The van der Waals surface area contributed by atoms with Gasteiger partial charge in [0.25, 0.3) is 5.91 Å². The first kappa shape index (κ1) is 16.8. The third-order valence-electron chi connectivity index (χ3n) is 2.10. The molecule has 1 aromatic carbocycles. The van der Waals surface area contributed by atoms with Gasteiger partial charge in [-0.15, -0.1) is 13.2 Å². The van der Waals surface area contributed by atoms with Crippen LogP contribution in [0.4, 0.5) is 13.2 Å². The lowest BCUT2D eigenvalue weighted by molar-refractivity contribution is -0.274. The molecule has 1 rings (SSSR count). The third kappa shape index (κ3) is 6.76. The minimum Gasteiger partial charge on any atom is -0.406 e. The monoisotopic (exact) mass is 355 g/mol. The maximum atomic E-state index is 12.0. The second kappa shape index (κ2) is 8.11. The molecule has 0 aliphatic carbocycles. The number of hydrogen-bond acceptors (Lipinski definition) is 3. The van der Waals surface area contributed by atoms with E-state index < -0.39 is 6.36 Å². The van der Waals surface area contributed by atoms with Gasteiger partial charge in [-0.25, -0.2) is 0 Å². The lowest BCUT2D eigenvalue weighted by Gasteiger charge is -2.09. The van der Waals surface area contributed by atoms with Crippen LogP contribution in [-0.2, 0) is 4.74 Å². The highest BCUT2D eigenvalue weighted by Gasteiger charge is 2.31. The molecule has 0 radical (unpaired) electrons. The highest BCUT2D eigenvalue weighted by molar-refractivity contribution is 9.09. The fraction of sp³-hybridized carbons (Fsp3) is 0.417. The first-order valence-corrected chi connectivity index (χ1v) is 6.82. The van der Waals surface area contributed by atoms with Gasteiger partial charge in [0.05, 0.1) is 13.2 Å². The zero-order valence-corrected chi connectivity index (χ0v) is 12.0. The smallest absolute Gasteiger partial charge is 0.406 e. The summed E-state index contributed by atoms with van der Waals surface area (Å²) >= 11 is 3.19. The van der Waals surface area contributed by atoms with Crippen molar-refractivity contribution in [3.63, 3.8) is 0 Å². The van der Waals surface area contributed by atoms with Crippen molar-refractivity contribution in [2.45, 2.75) is 6.36 Å². The number of halogens is 4. The molecule has 0 aromatic heterocycles. The number of carbonyl (C=O) groups excluding carboxylic acids is 1. The van der Waals surface area contributed by atoms with Gasteiger partial charge in [-0.1, -0.05) is 15.9 Å². The van der Waals surface area contributed by atoms with Crippen molar-refractivity contribution in [2.75, 3.05) is 25.1 Å². The predicted molar refractivity (Wildman–Crippen MR) is 70.1 cm³/mol. The molecule has 0 atom stereocenters. The number of amides is 1. The molecule has 1 amide bonds. The van der Waals surface area contributed by atoms with Gasteiger partial charge in [0, 0.05) is 17.4 Å². The van der Waals surface area contributed by atoms with E-state index in [1.54, 1.807) is 0 Å². The molecule has 0 unspecified atom stereocenters. The summed E-state index contributed by atoms with van der Waals surface area (Å²) in [5.74, 6) is -0.749. The van der Waals surface area contributed by atoms with Crippen LogP contribution in [0.15, 0.2) is 24.3 Å². The van der Waals surface area contributed by atoms with Crippen LogP contribution in [0, 0.1) is 0 Å². The summed E-state index contributed by atoms with van der Waals surface area (Å²) in [7, 11) is 0. The molecule has 0 saturated carbocycles. The number of alkyl halides is 4. The van der Waals surface area contributed by atoms with Crippen molar-refractivity contribution in [2.24, 2.45) is 0 Å². The Morgan fingerprint density at radius 2 is 1.85 bits per heavy atom. The Hall–Kier alpha value is -1.28. The van der Waals surface area contributed by atoms with Crippen LogP contribution in [0.1, 0.15) is 10.4 Å². The van der Waals surface area contributed by atoms with E-state index in [0.29, 0.717) is 25.1 Å². The lowest BCUT2D eigenvalue weighted by Crippen LogP contribution is -2.27. The molecule has 0 heterocycles. The Morgan fingerprint density at radius 1 is 1.20 bits per heavy atom. The van der Waals surface area contributed by atoms with Gasteiger partial charge in [0.1, 0.15) is 5.75 Å². The number of benzene rings is 1. The van der Waals surface area contributed by atoms with E-state index in [-0.39, 0.29) is 17.2 Å². The average Bonchev–Trinajstić information content (AvgIpc) is 2.37. The number of rotatable bonds is 7. The van der Waals surface area contributed by atoms with Gasteiger partial charge in [0.15, 0.2) is 0 Å². The van der Waals surface area contributed by atoms with Gasteiger partial charge in [-0.3, -0.25) is 4.79 Å². The minimum absolute atomic E-state index is 0.250. The van der Waals surface area contributed by atoms with E-state index >= 15 is 0 Å². The van der Waals surface area contributed by atoms with Crippen LogP contribution in [0.3, 0.4) is 0 Å². The molecule has 112 valence electrons. The minimum atomic E-state index is -4.74. The van der Waals surface area contributed by atoms with Crippen molar-refractivity contribution in [1.82, 2.24) is 5.32 Å². The molecule has 1 N–H and O–H groups in total. The quantitative estimate of drug-likeness (QED) is 0.604. The summed E-state index contributed by atoms with van der Waals surface area (Å²) in [5.41, 5.74) is 0.250. The van der Waals surface area contributed by atoms with Crippen LogP contribution in [0.25, 0.3) is 0 Å². The molecule has 0 fully saturated rings. The van der Waals surface area contributed by atoms with Crippen LogP contribution in [0.5, 0.6) is 5.75 Å². The molecule has 0 saturated heterocycles. The summed E-state index contributed by atoms with van der Waals surface area (Å²) in [4.78, 5) is 11.6. The Labute approximate surface area is 122 Å². The Balaban J connectivity index is 2.41. The second-order valence-electron chi connectivity index (χ2n) is 3.63. The molecular weight excluding hydrogens is 343 g/mol. The molecule has 0 aliphatic rings. The summed E-state index contributed by atoms with van der Waals surface area (Å²) in [5, 5.41) is 3.29. The molecule has 0 aliphatic heterocycles. The Kier molecular flexibility index (Phi) is 6.80. The molecule has 0 bridgehead atoms. The number of ether oxygens (including phenoxy) is 2. The van der Waals surface area contributed by atoms with Crippen LogP contribution in [-0.4, -0.2) is 37.4 Å². The van der Waals surface area contributed by atoms with Crippen molar-refractivity contribution < 1.29 is 27.4 Å². The van der Waals surface area contributed by atoms with E-state index in [0.717, 1.165) is 12.1 Å².